The van der Waals surface area contributed by atoms with Gasteiger partial charge in [0.1, 0.15) is 0 Å². The van der Waals surface area contributed by atoms with Crippen molar-refractivity contribution in [3.05, 3.63) is 168 Å². The topological polar surface area (TPSA) is 6.48 Å². The monoisotopic (exact) mass is 592 g/mol. The molecule has 46 heavy (non-hydrogen) atoms. The average molecular weight is 593 g/mol. The highest BCUT2D eigenvalue weighted by Crippen LogP contribution is 2.48. The van der Waals surface area contributed by atoms with Crippen molar-refractivity contribution in [2.45, 2.75) is 27.7 Å². The molecule has 0 saturated heterocycles. The Labute approximate surface area is 271 Å². The Balaban J connectivity index is 1.41. The van der Waals surface area contributed by atoms with Crippen molar-refractivity contribution in [1.82, 2.24) is 0 Å². The fourth-order valence-corrected chi connectivity index (χ4v) is 6.80. The third kappa shape index (κ3) is 4.74. The molecule has 0 aliphatic heterocycles. The Morgan fingerprint density at radius 2 is 0.717 bits per heavy atom. The molecule has 0 aliphatic rings. The van der Waals surface area contributed by atoms with Gasteiger partial charge in [0.25, 0.3) is 0 Å². The van der Waals surface area contributed by atoms with Crippen LogP contribution in [0, 0.1) is 27.7 Å². The number of aryl methyl sites for hydroxylation is 4. The lowest BCUT2D eigenvalue weighted by atomic mass is 9.91. The molecule has 0 fully saturated rings. The summed E-state index contributed by atoms with van der Waals surface area (Å²) in [5, 5.41) is 7.56. The van der Waals surface area contributed by atoms with E-state index in [1.807, 2.05) is 0 Å². The minimum absolute atomic E-state index is 1.15. The fourth-order valence-electron chi connectivity index (χ4n) is 6.80. The standard InChI is InChI=1S/C44H36N2/c1-29-8-18-35(19-9-29)45(36-20-10-30(2)11-21-36)41-27-17-34-28-42(39-7-5-6-33-16-26-40(41)44(34)43(33)39)46(37-22-12-31(3)13-23-37)38-24-14-32(4)15-25-38/h5-28H,1-4H3. The summed E-state index contributed by atoms with van der Waals surface area (Å²) in [5.74, 6) is 0. The highest BCUT2D eigenvalue weighted by Gasteiger charge is 2.22. The van der Waals surface area contributed by atoms with Gasteiger partial charge in [-0.2, -0.15) is 0 Å². The van der Waals surface area contributed by atoms with Crippen LogP contribution in [0.3, 0.4) is 0 Å². The predicted octanol–water partition coefficient (Wildman–Crippen LogP) is 12.8. The number of hydrogen-bond donors (Lipinski definition) is 0. The highest BCUT2D eigenvalue weighted by atomic mass is 15.1. The van der Waals surface area contributed by atoms with Crippen molar-refractivity contribution in [2.24, 2.45) is 0 Å². The Morgan fingerprint density at radius 3 is 1.20 bits per heavy atom. The van der Waals surface area contributed by atoms with Crippen LogP contribution < -0.4 is 9.80 Å². The van der Waals surface area contributed by atoms with Gasteiger partial charge in [-0.05, 0) is 110 Å². The molecule has 0 aliphatic carbocycles. The van der Waals surface area contributed by atoms with Gasteiger partial charge in [-0.1, -0.05) is 107 Å². The van der Waals surface area contributed by atoms with Gasteiger partial charge in [0.15, 0.2) is 0 Å². The first-order chi connectivity index (χ1) is 22.4. The number of rotatable bonds is 6. The van der Waals surface area contributed by atoms with Gasteiger partial charge in [-0.15, -0.1) is 0 Å². The summed E-state index contributed by atoms with van der Waals surface area (Å²) in [6.07, 6.45) is 0. The van der Waals surface area contributed by atoms with Crippen LogP contribution >= 0.6 is 0 Å². The van der Waals surface area contributed by atoms with Crippen molar-refractivity contribution >= 4 is 66.4 Å². The molecule has 0 heterocycles. The van der Waals surface area contributed by atoms with E-state index in [9.17, 15) is 0 Å². The maximum Gasteiger partial charge on any atom is 0.0546 e. The zero-order chi connectivity index (χ0) is 31.4. The summed E-state index contributed by atoms with van der Waals surface area (Å²) < 4.78 is 0. The maximum absolute atomic E-state index is 2.41. The van der Waals surface area contributed by atoms with E-state index in [0.717, 1.165) is 22.7 Å². The van der Waals surface area contributed by atoms with Crippen LogP contribution in [0.2, 0.25) is 0 Å². The molecule has 0 saturated carbocycles. The van der Waals surface area contributed by atoms with Crippen LogP contribution in [0.1, 0.15) is 22.3 Å². The molecule has 0 N–H and O–H groups in total. The molecule has 0 aromatic heterocycles. The van der Waals surface area contributed by atoms with Gasteiger partial charge in [-0.3, -0.25) is 0 Å². The largest absolute Gasteiger partial charge is 0.310 e. The number of anilines is 6. The van der Waals surface area contributed by atoms with Crippen LogP contribution in [-0.2, 0) is 0 Å². The van der Waals surface area contributed by atoms with Crippen molar-refractivity contribution in [3.63, 3.8) is 0 Å². The number of nitrogens with zero attached hydrogens (tertiary/aromatic N) is 2. The van der Waals surface area contributed by atoms with Crippen molar-refractivity contribution in [2.75, 3.05) is 9.80 Å². The molecule has 0 radical (unpaired) electrons. The van der Waals surface area contributed by atoms with Crippen LogP contribution in [0.25, 0.3) is 32.3 Å². The molecule has 8 aromatic rings. The van der Waals surface area contributed by atoms with Gasteiger partial charge in [-0.25, -0.2) is 0 Å². The van der Waals surface area contributed by atoms with E-state index in [4.69, 9.17) is 0 Å². The summed E-state index contributed by atoms with van der Waals surface area (Å²) in [4.78, 5) is 4.81. The summed E-state index contributed by atoms with van der Waals surface area (Å²) in [5.41, 5.74) is 12.0. The first-order valence-corrected chi connectivity index (χ1v) is 16.0. The molecule has 2 nitrogen and oxygen atoms in total. The van der Waals surface area contributed by atoms with Crippen LogP contribution in [0.5, 0.6) is 0 Å². The quantitative estimate of drug-likeness (QED) is 0.177. The molecule has 222 valence electrons. The molecule has 0 amide bonds. The zero-order valence-electron chi connectivity index (χ0n) is 26.8. The van der Waals surface area contributed by atoms with E-state index in [0.29, 0.717) is 0 Å². The smallest absolute Gasteiger partial charge is 0.0546 e. The van der Waals surface area contributed by atoms with Crippen LogP contribution in [0.4, 0.5) is 34.1 Å². The number of hydrogen-bond acceptors (Lipinski definition) is 2. The Bertz CT molecular complexity index is 2220. The first kappa shape index (κ1) is 27.9. The van der Waals surface area contributed by atoms with E-state index in [1.165, 1.54) is 65.9 Å². The third-order valence-electron chi connectivity index (χ3n) is 9.25. The third-order valence-corrected chi connectivity index (χ3v) is 9.25. The summed E-state index contributed by atoms with van der Waals surface area (Å²) in [6.45, 7) is 8.58. The van der Waals surface area contributed by atoms with Gasteiger partial charge in [0.05, 0.1) is 11.4 Å². The summed E-state index contributed by atoms with van der Waals surface area (Å²) >= 11 is 0. The lowest BCUT2D eigenvalue weighted by Crippen LogP contribution is -2.12. The normalized spacial score (nSPS) is 11.5. The van der Waals surface area contributed by atoms with Crippen molar-refractivity contribution in [3.8, 4) is 0 Å². The second-order valence-electron chi connectivity index (χ2n) is 12.6. The number of benzene rings is 8. The molecule has 8 aromatic carbocycles. The minimum Gasteiger partial charge on any atom is -0.310 e. The van der Waals surface area contributed by atoms with Gasteiger partial charge >= 0.3 is 0 Å². The Kier molecular flexibility index (Phi) is 6.73. The second kappa shape index (κ2) is 11.1. The Hall–Kier alpha value is -5.60. The molecule has 0 spiro atoms. The van der Waals surface area contributed by atoms with E-state index in [-0.39, 0.29) is 0 Å². The first-order valence-electron chi connectivity index (χ1n) is 16.0. The van der Waals surface area contributed by atoms with Gasteiger partial charge < -0.3 is 9.80 Å². The average Bonchev–Trinajstić information content (AvgIpc) is 3.08. The summed E-state index contributed by atoms with van der Waals surface area (Å²) in [6, 6.07) is 53.8. The van der Waals surface area contributed by atoms with E-state index >= 15 is 0 Å². The van der Waals surface area contributed by atoms with E-state index in [1.54, 1.807) is 0 Å². The SMILES string of the molecule is Cc1ccc(N(c2ccc(C)cc2)c2cc3ccc(N(c4ccc(C)cc4)c4ccc(C)cc4)c4ccc5cccc2c5c34)cc1. The summed E-state index contributed by atoms with van der Waals surface area (Å²) in [7, 11) is 0. The molecular weight excluding hydrogens is 556 g/mol. The van der Waals surface area contributed by atoms with Gasteiger partial charge in [0.2, 0.25) is 0 Å². The van der Waals surface area contributed by atoms with Crippen molar-refractivity contribution in [1.29, 1.82) is 0 Å². The van der Waals surface area contributed by atoms with Crippen molar-refractivity contribution < 1.29 is 0 Å². The molecule has 0 atom stereocenters. The second-order valence-corrected chi connectivity index (χ2v) is 12.6. The van der Waals surface area contributed by atoms with Crippen LogP contribution in [0.15, 0.2) is 146 Å². The molecular formula is C44H36N2. The minimum atomic E-state index is 1.15. The lowest BCUT2D eigenvalue weighted by Gasteiger charge is -2.30. The molecule has 8 rings (SSSR count). The maximum atomic E-state index is 2.41. The van der Waals surface area contributed by atoms with E-state index < -0.39 is 0 Å². The fraction of sp³-hybridized carbons (Fsp3) is 0.0909. The lowest BCUT2D eigenvalue weighted by molar-refractivity contribution is 1.28. The van der Waals surface area contributed by atoms with E-state index in [2.05, 4.69) is 183 Å². The molecule has 0 bridgehead atoms. The zero-order valence-corrected chi connectivity index (χ0v) is 26.8. The Morgan fingerprint density at radius 1 is 0.326 bits per heavy atom. The molecule has 2 heteroatoms. The molecule has 0 unspecified atom stereocenters. The van der Waals surface area contributed by atoms with Crippen LogP contribution in [-0.4, -0.2) is 0 Å². The van der Waals surface area contributed by atoms with Gasteiger partial charge in [0, 0.05) is 33.5 Å². The highest BCUT2D eigenvalue weighted by molar-refractivity contribution is 6.29. The predicted molar refractivity (Wildman–Crippen MR) is 198 cm³/mol.